The summed E-state index contributed by atoms with van der Waals surface area (Å²) in [6, 6.07) is 0. The normalized spacial score (nSPS) is 27.6. The predicted octanol–water partition coefficient (Wildman–Crippen LogP) is 3.27. The third-order valence-electron chi connectivity index (χ3n) is 5.85. The molecule has 0 aliphatic heterocycles. The second-order valence-corrected chi connectivity index (χ2v) is 8.63. The number of carboxylic acids is 1. The zero-order chi connectivity index (χ0) is 19.1. The van der Waals surface area contributed by atoms with Crippen LogP contribution in [-0.4, -0.2) is 29.6 Å². The maximum absolute atomic E-state index is 13.0. The molecule has 2 N–H and O–H groups in total. The number of hydrogen-bond donors (Lipinski definition) is 2. The molecule has 1 aromatic rings. The minimum absolute atomic E-state index is 0.0431. The van der Waals surface area contributed by atoms with Crippen LogP contribution in [0.5, 0.6) is 0 Å². The molecule has 1 amide bonds. The smallest absolute Gasteiger partial charge is 0.341 e. The van der Waals surface area contributed by atoms with Crippen LogP contribution >= 0.6 is 11.3 Å². The van der Waals surface area contributed by atoms with Crippen LogP contribution in [0.15, 0.2) is 12.2 Å². The molecule has 0 radical (unpaired) electrons. The average molecular weight is 389 g/mol. The number of ether oxygens (including phenoxy) is 1. The summed E-state index contributed by atoms with van der Waals surface area (Å²) in [5.74, 6) is -3.03. The highest BCUT2D eigenvalue weighted by atomic mass is 32.1. The summed E-state index contributed by atoms with van der Waals surface area (Å²) < 4.78 is 5.33. The summed E-state index contributed by atoms with van der Waals surface area (Å²) in [6.07, 6.45) is 8.03. The van der Waals surface area contributed by atoms with Gasteiger partial charge in [0.2, 0.25) is 5.91 Å². The Balaban J connectivity index is 1.59. The van der Waals surface area contributed by atoms with Crippen LogP contribution in [0, 0.1) is 23.7 Å². The Morgan fingerprint density at radius 2 is 1.96 bits per heavy atom. The zero-order valence-electron chi connectivity index (χ0n) is 15.2. The third kappa shape index (κ3) is 3.08. The standard InChI is InChI=1S/C20H23NO5S/c1-2-8-26-20(25)16-12-4-3-5-13(12)27-18(16)21-17(22)14-10-6-7-11(9-10)15(14)19(23)24/h6-7,10-11,14-15H,2-5,8-9H2,1H3,(H,21,22)(H,23,24)/t10-,11-,14+,15+/m0/s1. The molecule has 1 fully saturated rings. The van der Waals surface area contributed by atoms with E-state index in [2.05, 4.69) is 5.32 Å². The Bertz CT molecular complexity index is 827. The van der Waals surface area contributed by atoms with Crippen molar-refractivity contribution in [3.8, 4) is 0 Å². The molecule has 0 aromatic carbocycles. The molecule has 7 heteroatoms. The van der Waals surface area contributed by atoms with Crippen molar-refractivity contribution in [3.05, 3.63) is 28.2 Å². The van der Waals surface area contributed by atoms with Gasteiger partial charge in [0.25, 0.3) is 0 Å². The molecule has 3 aliphatic carbocycles. The number of amides is 1. The van der Waals surface area contributed by atoms with Crippen molar-refractivity contribution in [1.29, 1.82) is 0 Å². The number of aliphatic carboxylic acids is 1. The molecule has 3 aliphatic rings. The van der Waals surface area contributed by atoms with E-state index in [1.165, 1.54) is 11.3 Å². The first-order valence-corrected chi connectivity index (χ1v) is 10.4. The molecule has 4 atom stereocenters. The van der Waals surface area contributed by atoms with Crippen LogP contribution in [0.1, 0.15) is 47.0 Å². The van der Waals surface area contributed by atoms with Crippen LogP contribution in [0.3, 0.4) is 0 Å². The fourth-order valence-electron chi connectivity index (χ4n) is 4.69. The number of esters is 1. The van der Waals surface area contributed by atoms with Gasteiger partial charge in [-0.3, -0.25) is 9.59 Å². The van der Waals surface area contributed by atoms with E-state index in [0.717, 1.165) is 36.1 Å². The Morgan fingerprint density at radius 1 is 1.22 bits per heavy atom. The third-order valence-corrected chi connectivity index (χ3v) is 7.05. The van der Waals surface area contributed by atoms with Gasteiger partial charge in [0.1, 0.15) is 5.00 Å². The van der Waals surface area contributed by atoms with Gasteiger partial charge in [-0.2, -0.15) is 0 Å². The highest BCUT2D eigenvalue weighted by Crippen LogP contribution is 2.49. The Morgan fingerprint density at radius 3 is 2.67 bits per heavy atom. The largest absolute Gasteiger partial charge is 0.481 e. The SMILES string of the molecule is CCCOC(=O)c1c(NC(=O)[C@H]2[C@H](C(=O)O)[C@H]3C=C[C@H]2C3)sc2c1CCC2. The van der Waals surface area contributed by atoms with Gasteiger partial charge in [-0.25, -0.2) is 4.79 Å². The number of allylic oxidation sites excluding steroid dienone is 2. The second kappa shape index (κ2) is 7.11. The van der Waals surface area contributed by atoms with Gasteiger partial charge in [0.15, 0.2) is 0 Å². The highest BCUT2D eigenvalue weighted by molar-refractivity contribution is 7.17. The molecule has 4 rings (SSSR count). The van der Waals surface area contributed by atoms with E-state index < -0.39 is 23.8 Å². The minimum atomic E-state index is -0.928. The molecule has 27 heavy (non-hydrogen) atoms. The van der Waals surface area contributed by atoms with Crippen molar-refractivity contribution in [2.75, 3.05) is 11.9 Å². The summed E-state index contributed by atoms with van der Waals surface area (Å²) in [4.78, 5) is 38.4. The first-order chi connectivity index (χ1) is 13.0. The molecule has 0 spiro atoms. The number of aryl methyl sites for hydroxylation is 1. The fourth-order valence-corrected chi connectivity index (χ4v) is 5.97. The predicted molar refractivity (Wildman–Crippen MR) is 101 cm³/mol. The van der Waals surface area contributed by atoms with Gasteiger partial charge < -0.3 is 15.2 Å². The monoisotopic (exact) mass is 389 g/mol. The van der Waals surface area contributed by atoms with Crippen molar-refractivity contribution in [2.24, 2.45) is 23.7 Å². The van der Waals surface area contributed by atoms with Gasteiger partial charge in [-0.1, -0.05) is 19.1 Å². The summed E-state index contributed by atoms with van der Waals surface area (Å²) in [5.41, 5.74) is 1.46. The molecule has 0 unspecified atom stereocenters. The summed E-state index contributed by atoms with van der Waals surface area (Å²) in [5, 5.41) is 13.0. The average Bonchev–Trinajstić information content (AvgIpc) is 3.38. The van der Waals surface area contributed by atoms with Crippen LogP contribution in [0.4, 0.5) is 5.00 Å². The summed E-state index contributed by atoms with van der Waals surface area (Å²) in [7, 11) is 0. The lowest BCUT2D eigenvalue weighted by Crippen LogP contribution is -2.36. The maximum atomic E-state index is 13.0. The van der Waals surface area contributed by atoms with Crippen molar-refractivity contribution in [3.63, 3.8) is 0 Å². The molecule has 144 valence electrons. The van der Waals surface area contributed by atoms with E-state index in [4.69, 9.17) is 4.74 Å². The van der Waals surface area contributed by atoms with Gasteiger partial charge in [-0.05, 0) is 49.5 Å². The maximum Gasteiger partial charge on any atom is 0.341 e. The summed E-state index contributed by atoms with van der Waals surface area (Å²) >= 11 is 1.43. The number of fused-ring (bicyclic) bond motifs is 3. The van der Waals surface area contributed by atoms with E-state index >= 15 is 0 Å². The van der Waals surface area contributed by atoms with Crippen LogP contribution in [0.2, 0.25) is 0 Å². The zero-order valence-corrected chi connectivity index (χ0v) is 16.0. The van der Waals surface area contributed by atoms with Gasteiger partial charge in [0.05, 0.1) is 24.0 Å². The lowest BCUT2D eigenvalue weighted by molar-refractivity contribution is -0.146. The molecule has 1 heterocycles. The van der Waals surface area contributed by atoms with E-state index in [1.807, 2.05) is 19.1 Å². The van der Waals surface area contributed by atoms with E-state index in [-0.39, 0.29) is 17.7 Å². The lowest BCUT2D eigenvalue weighted by atomic mass is 9.82. The highest BCUT2D eigenvalue weighted by Gasteiger charge is 2.51. The number of anilines is 1. The first-order valence-electron chi connectivity index (χ1n) is 9.55. The van der Waals surface area contributed by atoms with Crippen LogP contribution < -0.4 is 5.32 Å². The Kier molecular flexibility index (Phi) is 4.80. The number of carboxylic acid groups (broad SMARTS) is 1. The topological polar surface area (TPSA) is 92.7 Å². The van der Waals surface area contributed by atoms with Crippen molar-refractivity contribution >= 4 is 34.2 Å². The number of rotatable bonds is 6. The molecule has 1 aromatic heterocycles. The van der Waals surface area contributed by atoms with Crippen LogP contribution in [-0.2, 0) is 27.2 Å². The summed E-state index contributed by atoms with van der Waals surface area (Å²) in [6.45, 7) is 2.28. The quantitative estimate of drug-likeness (QED) is 0.575. The molecular formula is C20H23NO5S. The number of nitrogens with one attached hydrogen (secondary N) is 1. The molecule has 2 bridgehead atoms. The number of thiophene rings is 1. The number of carbonyl (C=O) groups is 3. The molecular weight excluding hydrogens is 366 g/mol. The van der Waals surface area contributed by atoms with Crippen molar-refractivity contribution < 1.29 is 24.2 Å². The Labute approximate surface area is 161 Å². The fraction of sp³-hybridized carbons (Fsp3) is 0.550. The van der Waals surface area contributed by atoms with E-state index in [1.54, 1.807) is 0 Å². The lowest BCUT2D eigenvalue weighted by Gasteiger charge is -2.23. The minimum Gasteiger partial charge on any atom is -0.481 e. The molecule has 0 saturated heterocycles. The van der Waals surface area contributed by atoms with Gasteiger partial charge >= 0.3 is 11.9 Å². The Hall–Kier alpha value is -2.15. The second-order valence-electron chi connectivity index (χ2n) is 7.52. The van der Waals surface area contributed by atoms with E-state index in [9.17, 15) is 19.5 Å². The van der Waals surface area contributed by atoms with Crippen LogP contribution in [0.25, 0.3) is 0 Å². The van der Waals surface area contributed by atoms with Crippen molar-refractivity contribution in [1.82, 2.24) is 0 Å². The van der Waals surface area contributed by atoms with Crippen molar-refractivity contribution in [2.45, 2.75) is 39.0 Å². The number of hydrogen-bond acceptors (Lipinski definition) is 5. The molecule has 1 saturated carbocycles. The van der Waals surface area contributed by atoms with Gasteiger partial charge in [-0.15, -0.1) is 11.3 Å². The van der Waals surface area contributed by atoms with Gasteiger partial charge in [0, 0.05) is 4.88 Å². The number of carbonyl (C=O) groups excluding carboxylic acids is 2. The molecule has 6 nitrogen and oxygen atoms in total. The van der Waals surface area contributed by atoms with E-state index in [0.29, 0.717) is 23.6 Å². The first kappa shape index (κ1) is 18.2.